The fourth-order valence-electron chi connectivity index (χ4n) is 0.681. The van der Waals surface area contributed by atoms with E-state index >= 15 is 0 Å². The van der Waals surface area contributed by atoms with E-state index < -0.39 is 0 Å². The molecule has 1 rings (SSSR count). The standard InChI is InChI=1S/C7H6BrN3/c1-5-7(8)10-4-6(11-5)2-3-9/h4H,2H2,1H3. The molecule has 4 heteroatoms. The lowest BCUT2D eigenvalue weighted by Gasteiger charge is -1.96. The number of hydrogen-bond acceptors (Lipinski definition) is 3. The Hall–Kier alpha value is -0.950. The first-order valence-electron chi connectivity index (χ1n) is 3.09. The van der Waals surface area contributed by atoms with Gasteiger partial charge >= 0.3 is 0 Å². The van der Waals surface area contributed by atoms with Gasteiger partial charge in [-0.05, 0) is 22.9 Å². The summed E-state index contributed by atoms with van der Waals surface area (Å²) in [5.74, 6) is 0. The fourth-order valence-corrected chi connectivity index (χ4v) is 0.872. The van der Waals surface area contributed by atoms with Crippen LogP contribution in [0.15, 0.2) is 10.8 Å². The highest BCUT2D eigenvalue weighted by Gasteiger charge is 1.98. The molecule has 0 aliphatic rings. The monoisotopic (exact) mass is 211 g/mol. The van der Waals surface area contributed by atoms with Crippen LogP contribution < -0.4 is 0 Å². The van der Waals surface area contributed by atoms with E-state index in [1.807, 2.05) is 13.0 Å². The average Bonchev–Trinajstić information content (AvgIpc) is 1.98. The Kier molecular flexibility index (Phi) is 2.55. The van der Waals surface area contributed by atoms with Crippen LogP contribution in [0.4, 0.5) is 0 Å². The van der Waals surface area contributed by atoms with Crippen LogP contribution in [-0.2, 0) is 6.42 Å². The molecule has 0 amide bonds. The molecule has 56 valence electrons. The topological polar surface area (TPSA) is 49.6 Å². The van der Waals surface area contributed by atoms with Crippen molar-refractivity contribution in [2.45, 2.75) is 13.3 Å². The minimum Gasteiger partial charge on any atom is -0.253 e. The largest absolute Gasteiger partial charge is 0.253 e. The molecule has 0 aromatic carbocycles. The second-order valence-corrected chi connectivity index (χ2v) is 2.82. The zero-order chi connectivity index (χ0) is 8.27. The molecule has 1 aromatic rings. The molecule has 0 radical (unpaired) electrons. The maximum atomic E-state index is 8.35. The van der Waals surface area contributed by atoms with Crippen molar-refractivity contribution in [3.05, 3.63) is 22.2 Å². The number of hydrogen-bond donors (Lipinski definition) is 0. The minimum absolute atomic E-state index is 0.321. The van der Waals surface area contributed by atoms with E-state index in [9.17, 15) is 0 Å². The lowest BCUT2D eigenvalue weighted by Crippen LogP contribution is -1.93. The van der Waals surface area contributed by atoms with Crippen molar-refractivity contribution in [2.75, 3.05) is 0 Å². The van der Waals surface area contributed by atoms with E-state index in [4.69, 9.17) is 5.26 Å². The first kappa shape index (κ1) is 8.15. The van der Waals surface area contributed by atoms with E-state index in [2.05, 4.69) is 25.9 Å². The van der Waals surface area contributed by atoms with Gasteiger partial charge in [0.05, 0.1) is 30.1 Å². The highest BCUT2D eigenvalue weighted by molar-refractivity contribution is 9.10. The predicted molar refractivity (Wildman–Crippen MR) is 43.8 cm³/mol. The van der Waals surface area contributed by atoms with Gasteiger partial charge in [0.15, 0.2) is 0 Å². The van der Waals surface area contributed by atoms with Crippen molar-refractivity contribution in [3.63, 3.8) is 0 Å². The van der Waals surface area contributed by atoms with Gasteiger partial charge in [0.2, 0.25) is 0 Å². The van der Waals surface area contributed by atoms with Crippen molar-refractivity contribution in [1.82, 2.24) is 9.97 Å². The number of nitrogens with zero attached hydrogens (tertiary/aromatic N) is 3. The van der Waals surface area contributed by atoms with Crippen LogP contribution in [0, 0.1) is 18.3 Å². The minimum atomic E-state index is 0.321. The van der Waals surface area contributed by atoms with Crippen LogP contribution in [0.25, 0.3) is 0 Å². The summed E-state index contributed by atoms with van der Waals surface area (Å²) >= 11 is 3.22. The number of aryl methyl sites for hydroxylation is 1. The van der Waals surface area contributed by atoms with E-state index in [0.29, 0.717) is 12.1 Å². The van der Waals surface area contributed by atoms with Crippen molar-refractivity contribution >= 4 is 15.9 Å². The van der Waals surface area contributed by atoms with Gasteiger partial charge in [0, 0.05) is 0 Å². The van der Waals surface area contributed by atoms with Crippen molar-refractivity contribution in [3.8, 4) is 6.07 Å². The molecule has 0 saturated heterocycles. The van der Waals surface area contributed by atoms with Crippen LogP contribution in [0.1, 0.15) is 11.4 Å². The Labute approximate surface area is 73.2 Å². The summed E-state index contributed by atoms with van der Waals surface area (Å²) in [5.41, 5.74) is 1.53. The summed E-state index contributed by atoms with van der Waals surface area (Å²) in [4.78, 5) is 8.13. The number of aromatic nitrogens is 2. The highest BCUT2D eigenvalue weighted by Crippen LogP contribution is 2.09. The lowest BCUT2D eigenvalue weighted by molar-refractivity contribution is 0.994. The fraction of sp³-hybridized carbons (Fsp3) is 0.286. The lowest BCUT2D eigenvalue weighted by atomic mass is 10.3. The first-order chi connectivity index (χ1) is 5.24. The quantitative estimate of drug-likeness (QED) is 0.710. The number of halogens is 1. The van der Waals surface area contributed by atoms with Crippen LogP contribution in [-0.4, -0.2) is 9.97 Å². The van der Waals surface area contributed by atoms with Crippen molar-refractivity contribution in [2.24, 2.45) is 0 Å². The maximum absolute atomic E-state index is 8.35. The van der Waals surface area contributed by atoms with Gasteiger partial charge in [0.25, 0.3) is 0 Å². The summed E-state index contributed by atoms with van der Waals surface area (Å²) in [6.07, 6.45) is 1.92. The molecule has 0 saturated carbocycles. The normalized spacial score (nSPS) is 9.18. The molecule has 0 spiro atoms. The number of nitriles is 1. The molecular formula is C7H6BrN3. The third-order valence-corrected chi connectivity index (χ3v) is 1.98. The maximum Gasteiger partial charge on any atom is 0.127 e. The Balaban J connectivity index is 2.98. The van der Waals surface area contributed by atoms with Crippen LogP contribution in [0.2, 0.25) is 0 Å². The van der Waals surface area contributed by atoms with Crippen molar-refractivity contribution < 1.29 is 0 Å². The summed E-state index contributed by atoms with van der Waals surface area (Å²) in [6, 6.07) is 2.01. The van der Waals surface area contributed by atoms with Gasteiger partial charge in [-0.25, -0.2) is 4.98 Å². The van der Waals surface area contributed by atoms with Gasteiger partial charge in [-0.3, -0.25) is 4.98 Å². The molecule has 0 N–H and O–H groups in total. The molecule has 3 nitrogen and oxygen atoms in total. The Morgan fingerprint density at radius 1 is 1.73 bits per heavy atom. The first-order valence-corrected chi connectivity index (χ1v) is 3.88. The molecule has 0 aliphatic carbocycles. The Bertz CT molecular complexity index is 303. The van der Waals surface area contributed by atoms with E-state index in [1.165, 1.54) is 0 Å². The van der Waals surface area contributed by atoms with Gasteiger partial charge < -0.3 is 0 Å². The zero-order valence-corrected chi connectivity index (χ0v) is 7.59. The second-order valence-electron chi connectivity index (χ2n) is 2.07. The van der Waals surface area contributed by atoms with Gasteiger partial charge in [-0.15, -0.1) is 0 Å². The molecule has 0 fully saturated rings. The molecule has 0 bridgehead atoms. The highest BCUT2D eigenvalue weighted by atomic mass is 79.9. The molecule has 0 aliphatic heterocycles. The molecule has 1 aromatic heterocycles. The van der Waals surface area contributed by atoms with E-state index in [1.54, 1.807) is 6.20 Å². The van der Waals surface area contributed by atoms with Gasteiger partial charge in [-0.1, -0.05) is 0 Å². The SMILES string of the molecule is Cc1nc(CC#N)cnc1Br. The molecule has 0 unspecified atom stereocenters. The Morgan fingerprint density at radius 2 is 2.45 bits per heavy atom. The molecule has 11 heavy (non-hydrogen) atoms. The van der Waals surface area contributed by atoms with E-state index in [-0.39, 0.29) is 0 Å². The second kappa shape index (κ2) is 3.44. The summed E-state index contributed by atoms with van der Waals surface area (Å²) in [7, 11) is 0. The summed E-state index contributed by atoms with van der Waals surface area (Å²) in [6.45, 7) is 1.85. The third-order valence-electron chi connectivity index (χ3n) is 1.20. The van der Waals surface area contributed by atoms with E-state index in [0.717, 1.165) is 10.3 Å². The average molecular weight is 212 g/mol. The van der Waals surface area contributed by atoms with Gasteiger partial charge in [0.1, 0.15) is 4.60 Å². The van der Waals surface area contributed by atoms with Crippen molar-refractivity contribution in [1.29, 1.82) is 5.26 Å². The van der Waals surface area contributed by atoms with Gasteiger partial charge in [-0.2, -0.15) is 5.26 Å². The van der Waals surface area contributed by atoms with Crippen LogP contribution in [0.5, 0.6) is 0 Å². The number of rotatable bonds is 1. The zero-order valence-electron chi connectivity index (χ0n) is 6.00. The summed E-state index contributed by atoms with van der Waals surface area (Å²) in [5, 5.41) is 8.35. The molecule has 1 heterocycles. The molecule has 0 atom stereocenters. The van der Waals surface area contributed by atoms with Crippen LogP contribution >= 0.6 is 15.9 Å². The molecular weight excluding hydrogens is 206 g/mol. The van der Waals surface area contributed by atoms with Crippen LogP contribution in [0.3, 0.4) is 0 Å². The summed E-state index contributed by atoms with van der Waals surface area (Å²) < 4.78 is 0.735. The predicted octanol–water partition coefficient (Wildman–Crippen LogP) is 1.61. The Morgan fingerprint density at radius 3 is 3.00 bits per heavy atom. The third kappa shape index (κ3) is 1.99. The smallest absolute Gasteiger partial charge is 0.127 e.